The number of hydrogen-bond donors (Lipinski definition) is 2. The van der Waals surface area contributed by atoms with Crippen LogP contribution in [0.25, 0.3) is 0 Å². The topological polar surface area (TPSA) is 59.6 Å². The molecule has 110 valence electrons. The third-order valence-electron chi connectivity index (χ3n) is 2.53. The second kappa shape index (κ2) is 10.6. The summed E-state index contributed by atoms with van der Waals surface area (Å²) in [5.41, 5.74) is -0.212. The number of halogens is 1. The second-order valence-electron chi connectivity index (χ2n) is 4.81. The second-order valence-corrected chi connectivity index (χ2v) is 4.81. The molecule has 1 unspecified atom stereocenters. The molecule has 0 aromatic heterocycles. The largest absolute Gasteiger partial charge is 0.383 e. The summed E-state index contributed by atoms with van der Waals surface area (Å²) in [5.74, 6) is 0.000469. The molecule has 2 N–H and O–H groups in total. The van der Waals surface area contributed by atoms with Gasteiger partial charge in [-0.3, -0.25) is 4.79 Å². The molecule has 0 spiro atoms. The zero-order valence-electron chi connectivity index (χ0n) is 12.0. The minimum Gasteiger partial charge on any atom is -0.383 e. The van der Waals surface area contributed by atoms with Gasteiger partial charge in [0, 0.05) is 26.8 Å². The lowest BCUT2D eigenvalue weighted by molar-refractivity contribution is -0.121. The molecule has 0 rings (SSSR count). The van der Waals surface area contributed by atoms with Gasteiger partial charge >= 0.3 is 0 Å². The van der Waals surface area contributed by atoms with Gasteiger partial charge in [-0.15, -0.1) is 12.4 Å². The minimum absolute atomic E-state index is 0. The lowest BCUT2D eigenvalue weighted by Crippen LogP contribution is -2.43. The van der Waals surface area contributed by atoms with Crippen molar-refractivity contribution >= 4 is 18.3 Å². The lowest BCUT2D eigenvalue weighted by Gasteiger charge is -2.27. The lowest BCUT2D eigenvalue weighted by atomic mass is 10.00. The van der Waals surface area contributed by atoms with Gasteiger partial charge in [-0.2, -0.15) is 0 Å². The summed E-state index contributed by atoms with van der Waals surface area (Å²) in [6.45, 7) is 7.61. The number of carbonyl (C=O) groups excluding carboxylic acids is 1. The molecule has 1 atom stereocenters. The number of amides is 1. The number of ether oxygens (including phenoxy) is 2. The summed E-state index contributed by atoms with van der Waals surface area (Å²) < 4.78 is 10.2. The van der Waals surface area contributed by atoms with Crippen LogP contribution in [0.15, 0.2) is 0 Å². The Bertz CT molecular complexity index is 225. The number of carbonyl (C=O) groups is 1. The molecule has 18 heavy (non-hydrogen) atoms. The summed E-state index contributed by atoms with van der Waals surface area (Å²) in [7, 11) is 3.32. The third kappa shape index (κ3) is 10.8. The summed E-state index contributed by atoms with van der Waals surface area (Å²) in [5, 5.41) is 5.92. The molecule has 0 aliphatic carbocycles. The highest BCUT2D eigenvalue weighted by Gasteiger charge is 2.20. The molecule has 0 radical (unpaired) electrons. The predicted molar refractivity (Wildman–Crippen MR) is 75.3 cm³/mol. The van der Waals surface area contributed by atoms with Crippen LogP contribution in [0.5, 0.6) is 0 Å². The van der Waals surface area contributed by atoms with Crippen LogP contribution in [-0.2, 0) is 14.3 Å². The highest BCUT2D eigenvalue weighted by Crippen LogP contribution is 2.14. The summed E-state index contributed by atoms with van der Waals surface area (Å²) in [6.07, 6.45) is 0.785. The van der Waals surface area contributed by atoms with E-state index in [1.54, 1.807) is 14.2 Å². The van der Waals surface area contributed by atoms with Crippen LogP contribution >= 0.6 is 12.4 Å². The Morgan fingerprint density at radius 2 is 1.94 bits per heavy atom. The number of methoxy groups -OCH3 is 2. The van der Waals surface area contributed by atoms with Gasteiger partial charge in [0.15, 0.2) is 0 Å². The van der Waals surface area contributed by atoms with Crippen molar-refractivity contribution < 1.29 is 14.3 Å². The van der Waals surface area contributed by atoms with E-state index >= 15 is 0 Å². The third-order valence-corrected chi connectivity index (χ3v) is 2.53. The van der Waals surface area contributed by atoms with Crippen molar-refractivity contribution in [2.24, 2.45) is 0 Å². The molecule has 0 bridgehead atoms. The highest BCUT2D eigenvalue weighted by molar-refractivity contribution is 5.85. The van der Waals surface area contributed by atoms with Crippen LogP contribution in [0, 0.1) is 0 Å². The van der Waals surface area contributed by atoms with E-state index in [0.717, 1.165) is 6.42 Å². The average molecular weight is 283 g/mol. The van der Waals surface area contributed by atoms with E-state index in [1.165, 1.54) is 0 Å². The molecule has 0 aromatic carbocycles. The fraction of sp³-hybridized carbons (Fsp3) is 0.917. The average Bonchev–Trinajstić information content (AvgIpc) is 2.23. The fourth-order valence-electron chi connectivity index (χ4n) is 1.57. The molecule has 6 heteroatoms. The maximum Gasteiger partial charge on any atom is 0.234 e. The Hall–Kier alpha value is -0.360. The molecule has 0 heterocycles. The number of rotatable bonds is 9. The van der Waals surface area contributed by atoms with Crippen molar-refractivity contribution in [3.05, 3.63) is 0 Å². The van der Waals surface area contributed by atoms with E-state index in [9.17, 15) is 4.79 Å². The molecule has 0 saturated carbocycles. The van der Waals surface area contributed by atoms with Crippen LogP contribution in [0.2, 0.25) is 0 Å². The van der Waals surface area contributed by atoms with Crippen LogP contribution in [0.1, 0.15) is 27.2 Å². The van der Waals surface area contributed by atoms with E-state index in [-0.39, 0.29) is 30.0 Å². The van der Waals surface area contributed by atoms with E-state index < -0.39 is 0 Å². The fourth-order valence-corrected chi connectivity index (χ4v) is 1.57. The first-order chi connectivity index (χ1) is 7.91. The maximum absolute atomic E-state index is 11.5. The quantitative estimate of drug-likeness (QED) is 0.619. The SMILES string of the molecule is COCCNCC(=O)NC(C)CC(C)(C)OC.Cl. The Kier molecular flexibility index (Phi) is 11.7. The van der Waals surface area contributed by atoms with Crippen LogP contribution in [-0.4, -0.2) is 51.5 Å². The van der Waals surface area contributed by atoms with Gasteiger partial charge in [0.25, 0.3) is 0 Å². The standard InChI is InChI=1S/C12H26N2O3.ClH/c1-10(8-12(2,3)17-5)14-11(15)9-13-6-7-16-4;/h10,13H,6-9H2,1-5H3,(H,14,15);1H. The summed E-state index contributed by atoms with van der Waals surface area (Å²) in [4.78, 5) is 11.5. The first-order valence-corrected chi connectivity index (χ1v) is 5.95. The van der Waals surface area contributed by atoms with Crippen molar-refractivity contribution in [1.29, 1.82) is 0 Å². The van der Waals surface area contributed by atoms with Gasteiger partial charge in [0.2, 0.25) is 5.91 Å². The molecule has 1 amide bonds. The summed E-state index contributed by atoms with van der Waals surface area (Å²) in [6, 6.07) is 0.0988. The Morgan fingerprint density at radius 3 is 2.44 bits per heavy atom. The molecular formula is C12H27ClN2O3. The number of nitrogens with one attached hydrogen (secondary N) is 2. The zero-order valence-corrected chi connectivity index (χ0v) is 12.9. The van der Waals surface area contributed by atoms with Crippen molar-refractivity contribution in [2.75, 3.05) is 33.9 Å². The Balaban J connectivity index is 0. The van der Waals surface area contributed by atoms with Crippen molar-refractivity contribution in [2.45, 2.75) is 38.8 Å². The maximum atomic E-state index is 11.5. The van der Waals surface area contributed by atoms with Gasteiger partial charge < -0.3 is 20.1 Å². The molecule has 5 nitrogen and oxygen atoms in total. The van der Waals surface area contributed by atoms with Crippen LogP contribution in [0.3, 0.4) is 0 Å². The van der Waals surface area contributed by atoms with Crippen molar-refractivity contribution in [3.8, 4) is 0 Å². The van der Waals surface area contributed by atoms with Gasteiger partial charge in [0.1, 0.15) is 0 Å². The Labute approximate surface area is 116 Å². The first-order valence-electron chi connectivity index (χ1n) is 5.95. The summed E-state index contributed by atoms with van der Waals surface area (Å²) >= 11 is 0. The van der Waals surface area contributed by atoms with E-state index in [2.05, 4.69) is 10.6 Å². The van der Waals surface area contributed by atoms with Gasteiger partial charge in [-0.25, -0.2) is 0 Å². The molecule has 0 aromatic rings. The minimum atomic E-state index is -0.212. The zero-order chi connectivity index (χ0) is 13.3. The molecule has 0 aliphatic rings. The molecular weight excluding hydrogens is 256 g/mol. The number of hydrogen-bond acceptors (Lipinski definition) is 4. The highest BCUT2D eigenvalue weighted by atomic mass is 35.5. The van der Waals surface area contributed by atoms with E-state index in [1.807, 2.05) is 20.8 Å². The van der Waals surface area contributed by atoms with E-state index in [0.29, 0.717) is 19.7 Å². The predicted octanol–water partition coefficient (Wildman–Crippen LogP) is 0.964. The van der Waals surface area contributed by atoms with Gasteiger partial charge in [-0.05, 0) is 27.2 Å². The monoisotopic (exact) mass is 282 g/mol. The molecule has 0 aliphatic heterocycles. The Morgan fingerprint density at radius 1 is 1.33 bits per heavy atom. The van der Waals surface area contributed by atoms with Gasteiger partial charge in [0.05, 0.1) is 18.8 Å². The van der Waals surface area contributed by atoms with E-state index in [4.69, 9.17) is 9.47 Å². The molecule has 0 fully saturated rings. The van der Waals surface area contributed by atoms with Crippen LogP contribution in [0.4, 0.5) is 0 Å². The van der Waals surface area contributed by atoms with Gasteiger partial charge in [-0.1, -0.05) is 0 Å². The molecule has 0 saturated heterocycles. The first kappa shape index (κ1) is 20.0. The smallest absolute Gasteiger partial charge is 0.234 e. The van der Waals surface area contributed by atoms with Crippen LogP contribution < -0.4 is 10.6 Å². The van der Waals surface area contributed by atoms with Crippen molar-refractivity contribution in [3.63, 3.8) is 0 Å². The normalized spacial score (nSPS) is 12.7. The van der Waals surface area contributed by atoms with Crippen molar-refractivity contribution in [1.82, 2.24) is 10.6 Å².